The number of ether oxygens (including phenoxy) is 2. The lowest BCUT2D eigenvalue weighted by molar-refractivity contribution is -0.141. The second-order valence-electron chi connectivity index (χ2n) is 5.54. The Kier molecular flexibility index (Phi) is 5.17. The number of methoxy groups -OCH3 is 2. The van der Waals surface area contributed by atoms with Crippen LogP contribution in [0.4, 0.5) is 5.82 Å². The fraction of sp³-hybridized carbons (Fsp3) is 0.294. The molecule has 2 heterocycles. The number of nitrogens with zero attached hydrogens (tertiary/aromatic N) is 3. The zero-order valence-electron chi connectivity index (χ0n) is 14.6. The molecule has 3 aromatic rings. The van der Waals surface area contributed by atoms with Crippen LogP contribution in [0.5, 0.6) is 5.75 Å². The molecule has 0 aliphatic heterocycles. The van der Waals surface area contributed by atoms with Gasteiger partial charge in [-0.2, -0.15) is 9.78 Å². The number of thiazole rings is 1. The number of carbonyl (C=O) groups excluding carboxylic acids is 2. The first-order chi connectivity index (χ1) is 12.5. The van der Waals surface area contributed by atoms with Gasteiger partial charge >= 0.3 is 5.97 Å². The third-order valence-electron chi connectivity index (χ3n) is 3.65. The second kappa shape index (κ2) is 7.52. The highest BCUT2D eigenvalue weighted by atomic mass is 32.1. The number of aromatic nitrogens is 3. The number of carbonyl (C=O) groups is 2. The molecule has 1 aromatic carbocycles. The summed E-state index contributed by atoms with van der Waals surface area (Å²) >= 11 is 1.44. The van der Waals surface area contributed by atoms with Crippen LogP contribution in [-0.4, -0.2) is 40.9 Å². The lowest BCUT2D eigenvalue weighted by Gasteiger charge is -2.06. The molecule has 0 aliphatic rings. The molecular formula is C17H18N4O4S. The van der Waals surface area contributed by atoms with Gasteiger partial charge in [-0.05, 0) is 25.1 Å². The molecule has 1 amide bonds. The lowest BCUT2D eigenvalue weighted by atomic mass is 10.3. The van der Waals surface area contributed by atoms with Crippen molar-refractivity contribution in [3.05, 3.63) is 30.0 Å². The summed E-state index contributed by atoms with van der Waals surface area (Å²) in [5, 5.41) is 7.81. The van der Waals surface area contributed by atoms with Crippen LogP contribution in [0.1, 0.15) is 18.5 Å². The van der Waals surface area contributed by atoms with Gasteiger partial charge in [0.05, 0.1) is 36.6 Å². The van der Waals surface area contributed by atoms with Crippen molar-refractivity contribution in [1.29, 1.82) is 0 Å². The summed E-state index contributed by atoms with van der Waals surface area (Å²) in [6.07, 6.45) is 0.0599. The van der Waals surface area contributed by atoms with E-state index in [4.69, 9.17) is 4.74 Å². The van der Waals surface area contributed by atoms with Crippen molar-refractivity contribution in [2.24, 2.45) is 0 Å². The molecule has 26 heavy (non-hydrogen) atoms. The van der Waals surface area contributed by atoms with Crippen LogP contribution >= 0.6 is 11.3 Å². The zero-order chi connectivity index (χ0) is 18.7. The van der Waals surface area contributed by atoms with E-state index >= 15 is 0 Å². The Labute approximate surface area is 153 Å². The Morgan fingerprint density at radius 1 is 1.23 bits per heavy atom. The quantitative estimate of drug-likeness (QED) is 0.667. The maximum Gasteiger partial charge on any atom is 0.306 e. The average molecular weight is 374 g/mol. The summed E-state index contributed by atoms with van der Waals surface area (Å²) in [5.74, 6) is 0.536. The minimum Gasteiger partial charge on any atom is -0.497 e. The van der Waals surface area contributed by atoms with Gasteiger partial charge in [0.2, 0.25) is 11.0 Å². The van der Waals surface area contributed by atoms with Crippen molar-refractivity contribution in [3.63, 3.8) is 0 Å². The maximum absolute atomic E-state index is 12.1. The largest absolute Gasteiger partial charge is 0.497 e. The van der Waals surface area contributed by atoms with E-state index in [1.807, 2.05) is 25.1 Å². The number of amides is 1. The van der Waals surface area contributed by atoms with Gasteiger partial charge in [-0.1, -0.05) is 11.3 Å². The SMILES string of the molecule is COC(=O)CCC(=O)Nc1cc(C)nn1-c1nc2ccc(OC)cc2s1. The van der Waals surface area contributed by atoms with E-state index < -0.39 is 5.97 Å². The third-order valence-corrected chi connectivity index (χ3v) is 4.64. The molecule has 0 saturated heterocycles. The van der Waals surface area contributed by atoms with Crippen molar-refractivity contribution >= 4 is 39.2 Å². The molecule has 2 aromatic heterocycles. The van der Waals surface area contributed by atoms with Gasteiger partial charge in [-0.25, -0.2) is 4.98 Å². The topological polar surface area (TPSA) is 95.3 Å². The number of fused-ring (bicyclic) bond motifs is 1. The summed E-state index contributed by atoms with van der Waals surface area (Å²) in [6, 6.07) is 7.37. The second-order valence-corrected chi connectivity index (χ2v) is 6.55. The van der Waals surface area contributed by atoms with E-state index in [0.29, 0.717) is 10.9 Å². The van der Waals surface area contributed by atoms with Gasteiger partial charge in [-0.3, -0.25) is 9.59 Å². The number of rotatable bonds is 6. The molecule has 1 N–H and O–H groups in total. The highest BCUT2D eigenvalue weighted by Crippen LogP contribution is 2.30. The molecule has 136 valence electrons. The molecule has 0 radical (unpaired) electrons. The van der Waals surface area contributed by atoms with Crippen molar-refractivity contribution in [3.8, 4) is 10.9 Å². The van der Waals surface area contributed by atoms with Crippen LogP contribution in [0.3, 0.4) is 0 Å². The molecule has 9 heteroatoms. The predicted molar refractivity (Wildman–Crippen MR) is 97.9 cm³/mol. The molecule has 0 bridgehead atoms. The Bertz CT molecular complexity index is 963. The fourth-order valence-electron chi connectivity index (χ4n) is 2.37. The lowest BCUT2D eigenvalue weighted by Crippen LogP contribution is -2.16. The normalized spacial score (nSPS) is 10.7. The first-order valence-corrected chi connectivity index (χ1v) is 8.70. The molecule has 0 spiro atoms. The highest BCUT2D eigenvalue weighted by molar-refractivity contribution is 7.20. The monoisotopic (exact) mass is 374 g/mol. The standard InChI is InChI=1S/C17H18N4O4S/c1-10-8-14(19-15(22)6-7-16(23)25-3)21(20-10)17-18-12-5-4-11(24-2)9-13(12)26-17/h4-5,8-9H,6-7H2,1-3H3,(H,19,22). The van der Waals surface area contributed by atoms with Crippen LogP contribution in [0.25, 0.3) is 15.3 Å². The first kappa shape index (κ1) is 17.9. The Morgan fingerprint density at radius 2 is 2.04 bits per heavy atom. The van der Waals surface area contributed by atoms with Crippen molar-refractivity contribution in [2.75, 3.05) is 19.5 Å². The van der Waals surface area contributed by atoms with E-state index in [1.165, 1.54) is 18.4 Å². The highest BCUT2D eigenvalue weighted by Gasteiger charge is 2.15. The van der Waals surface area contributed by atoms with Crippen LogP contribution in [0.15, 0.2) is 24.3 Å². The third kappa shape index (κ3) is 3.83. The fourth-order valence-corrected chi connectivity index (χ4v) is 3.33. The minimum atomic E-state index is -0.426. The van der Waals surface area contributed by atoms with Crippen molar-refractivity contribution < 1.29 is 19.1 Å². The van der Waals surface area contributed by atoms with Gasteiger partial charge in [-0.15, -0.1) is 0 Å². The predicted octanol–water partition coefficient (Wildman–Crippen LogP) is 2.69. The van der Waals surface area contributed by atoms with Gasteiger partial charge in [0.1, 0.15) is 11.6 Å². The van der Waals surface area contributed by atoms with E-state index in [1.54, 1.807) is 17.9 Å². The molecule has 0 fully saturated rings. The van der Waals surface area contributed by atoms with Crippen LogP contribution in [0, 0.1) is 6.92 Å². The average Bonchev–Trinajstić information content (AvgIpc) is 3.21. The summed E-state index contributed by atoms with van der Waals surface area (Å²) in [5.41, 5.74) is 1.56. The molecule has 0 atom stereocenters. The van der Waals surface area contributed by atoms with Crippen LogP contribution < -0.4 is 10.1 Å². The molecule has 8 nitrogen and oxygen atoms in total. The Morgan fingerprint density at radius 3 is 2.77 bits per heavy atom. The van der Waals surface area contributed by atoms with E-state index in [9.17, 15) is 9.59 Å². The summed E-state index contributed by atoms with van der Waals surface area (Å²) in [7, 11) is 2.91. The maximum atomic E-state index is 12.1. The Balaban J connectivity index is 1.85. The van der Waals surface area contributed by atoms with E-state index in [0.717, 1.165) is 21.7 Å². The molecule has 0 unspecified atom stereocenters. The number of aryl methyl sites for hydroxylation is 1. The molecular weight excluding hydrogens is 356 g/mol. The molecule has 0 aliphatic carbocycles. The number of hydrogen-bond acceptors (Lipinski definition) is 7. The Hall–Kier alpha value is -2.94. The molecule has 0 saturated carbocycles. The number of nitrogens with one attached hydrogen (secondary N) is 1. The van der Waals surface area contributed by atoms with Crippen LogP contribution in [-0.2, 0) is 14.3 Å². The van der Waals surface area contributed by atoms with E-state index in [2.05, 4.69) is 20.1 Å². The number of hydrogen-bond donors (Lipinski definition) is 1. The van der Waals surface area contributed by atoms with E-state index in [-0.39, 0.29) is 18.7 Å². The van der Waals surface area contributed by atoms with Crippen LogP contribution in [0.2, 0.25) is 0 Å². The molecule has 3 rings (SSSR count). The van der Waals surface area contributed by atoms with Crippen molar-refractivity contribution in [2.45, 2.75) is 19.8 Å². The summed E-state index contributed by atoms with van der Waals surface area (Å²) in [4.78, 5) is 27.8. The smallest absolute Gasteiger partial charge is 0.306 e. The zero-order valence-corrected chi connectivity index (χ0v) is 15.4. The van der Waals surface area contributed by atoms with Gasteiger partial charge in [0.15, 0.2) is 0 Å². The minimum absolute atomic E-state index is 0.0242. The number of anilines is 1. The first-order valence-electron chi connectivity index (χ1n) is 7.88. The van der Waals surface area contributed by atoms with Gasteiger partial charge in [0, 0.05) is 12.5 Å². The number of benzene rings is 1. The van der Waals surface area contributed by atoms with Crippen molar-refractivity contribution in [1.82, 2.24) is 14.8 Å². The summed E-state index contributed by atoms with van der Waals surface area (Å²) < 4.78 is 12.3. The summed E-state index contributed by atoms with van der Waals surface area (Å²) in [6.45, 7) is 1.83. The van der Waals surface area contributed by atoms with Gasteiger partial charge in [0.25, 0.3) is 0 Å². The van der Waals surface area contributed by atoms with Gasteiger partial charge < -0.3 is 14.8 Å². The number of esters is 1.